The summed E-state index contributed by atoms with van der Waals surface area (Å²) in [4.78, 5) is 1.22. The highest BCUT2D eigenvalue weighted by Gasteiger charge is 2.11. The Labute approximate surface area is 112 Å². The number of ether oxygens (including phenoxy) is 1. The first kappa shape index (κ1) is 12.5. The van der Waals surface area contributed by atoms with Crippen molar-refractivity contribution in [1.82, 2.24) is 10.2 Å². The zero-order valence-corrected chi connectivity index (χ0v) is 11.7. The maximum absolute atomic E-state index is 6.08. The van der Waals surface area contributed by atoms with Gasteiger partial charge >= 0.3 is 0 Å². The molecule has 0 aromatic carbocycles. The molecule has 0 saturated carbocycles. The number of nitrogens with two attached hydrogens (primary N) is 1. The third-order valence-electron chi connectivity index (χ3n) is 2.30. The summed E-state index contributed by atoms with van der Waals surface area (Å²) in [7, 11) is 1.56. The van der Waals surface area contributed by atoms with Gasteiger partial charge in [-0.2, -0.15) is 5.10 Å². The molecule has 90 valence electrons. The average molecular weight is 314 g/mol. The highest BCUT2D eigenvalue weighted by atomic mass is 79.9. The molecular formula is C11H12BrN3OS. The fraction of sp³-hybridized carbons (Fsp3) is 0.273. The van der Waals surface area contributed by atoms with Crippen molar-refractivity contribution in [3.05, 3.63) is 38.6 Å². The predicted octanol–water partition coefficient (Wildman–Crippen LogP) is 2.55. The number of rotatable bonds is 4. The van der Waals surface area contributed by atoms with Gasteiger partial charge < -0.3 is 10.5 Å². The molecule has 0 spiro atoms. The molecule has 4 nitrogen and oxygen atoms in total. The fourth-order valence-electron chi connectivity index (χ4n) is 1.42. The highest BCUT2D eigenvalue weighted by Crippen LogP contribution is 2.25. The smallest absolute Gasteiger partial charge is 0.233 e. The van der Waals surface area contributed by atoms with Crippen molar-refractivity contribution in [2.24, 2.45) is 5.73 Å². The molecule has 0 bridgehead atoms. The molecule has 17 heavy (non-hydrogen) atoms. The predicted molar refractivity (Wildman–Crippen MR) is 71.2 cm³/mol. The summed E-state index contributed by atoms with van der Waals surface area (Å²) < 4.78 is 6.06. The van der Waals surface area contributed by atoms with E-state index in [9.17, 15) is 0 Å². The molecule has 0 aliphatic heterocycles. The van der Waals surface area contributed by atoms with E-state index in [0.29, 0.717) is 5.88 Å². The maximum atomic E-state index is 6.08. The minimum absolute atomic E-state index is 0.140. The largest absolute Gasteiger partial charge is 0.480 e. The number of nitrogens with zero attached hydrogens (tertiary/aromatic N) is 2. The molecule has 2 N–H and O–H groups in total. The van der Waals surface area contributed by atoms with Crippen LogP contribution in [0.15, 0.2) is 28.1 Å². The van der Waals surface area contributed by atoms with E-state index < -0.39 is 0 Å². The minimum Gasteiger partial charge on any atom is -0.480 e. The lowest BCUT2D eigenvalue weighted by Crippen LogP contribution is -2.15. The van der Waals surface area contributed by atoms with Crippen LogP contribution in [0.2, 0.25) is 0 Å². The number of thiophene rings is 1. The Balaban J connectivity index is 2.06. The second kappa shape index (κ2) is 5.57. The topological polar surface area (TPSA) is 61.0 Å². The van der Waals surface area contributed by atoms with Gasteiger partial charge in [-0.3, -0.25) is 0 Å². The third kappa shape index (κ3) is 3.24. The van der Waals surface area contributed by atoms with Crippen LogP contribution in [0.4, 0.5) is 0 Å². The molecule has 1 unspecified atom stereocenters. The summed E-state index contributed by atoms with van der Waals surface area (Å²) in [6.45, 7) is 0. The third-order valence-corrected chi connectivity index (χ3v) is 3.95. The molecule has 0 aliphatic rings. The Bertz CT molecular complexity index is 486. The summed E-state index contributed by atoms with van der Waals surface area (Å²) in [5.74, 6) is 0.500. The van der Waals surface area contributed by atoms with E-state index in [4.69, 9.17) is 10.5 Å². The number of aromatic nitrogens is 2. The zero-order chi connectivity index (χ0) is 12.3. The molecule has 2 heterocycles. The van der Waals surface area contributed by atoms with Crippen LogP contribution in [0.1, 0.15) is 16.6 Å². The summed E-state index contributed by atoms with van der Waals surface area (Å²) in [5, 5.41) is 7.95. The minimum atomic E-state index is -0.140. The molecular weight excluding hydrogens is 302 g/mol. The SMILES string of the molecule is COc1ccc(C(N)Cc2ccc(Br)s2)nn1. The van der Waals surface area contributed by atoms with E-state index in [-0.39, 0.29) is 6.04 Å². The summed E-state index contributed by atoms with van der Waals surface area (Å²) in [6.07, 6.45) is 0.761. The summed E-state index contributed by atoms with van der Waals surface area (Å²) >= 11 is 5.11. The first-order chi connectivity index (χ1) is 8.19. The molecule has 0 radical (unpaired) electrons. The van der Waals surface area contributed by atoms with Gasteiger partial charge in [0.15, 0.2) is 0 Å². The van der Waals surface area contributed by atoms with Crippen LogP contribution in [0, 0.1) is 0 Å². The maximum Gasteiger partial charge on any atom is 0.233 e. The Morgan fingerprint density at radius 1 is 1.35 bits per heavy atom. The van der Waals surface area contributed by atoms with Crippen LogP contribution in [0.5, 0.6) is 5.88 Å². The van der Waals surface area contributed by atoms with Crippen LogP contribution >= 0.6 is 27.3 Å². The van der Waals surface area contributed by atoms with Crippen LogP contribution < -0.4 is 10.5 Å². The summed E-state index contributed by atoms with van der Waals surface area (Å²) in [6, 6.07) is 7.56. The zero-order valence-electron chi connectivity index (χ0n) is 9.26. The van der Waals surface area contributed by atoms with E-state index in [0.717, 1.165) is 15.9 Å². The Hall–Kier alpha value is -0.980. The molecule has 6 heteroatoms. The van der Waals surface area contributed by atoms with Crippen molar-refractivity contribution < 1.29 is 4.74 Å². The van der Waals surface area contributed by atoms with Crippen molar-refractivity contribution in [3.8, 4) is 5.88 Å². The van der Waals surface area contributed by atoms with Crippen molar-refractivity contribution in [2.45, 2.75) is 12.5 Å². The Morgan fingerprint density at radius 3 is 2.71 bits per heavy atom. The summed E-state index contributed by atoms with van der Waals surface area (Å²) in [5.41, 5.74) is 6.85. The Morgan fingerprint density at radius 2 is 2.18 bits per heavy atom. The number of methoxy groups -OCH3 is 1. The van der Waals surface area contributed by atoms with Crippen LogP contribution in [0.25, 0.3) is 0 Å². The second-order valence-corrected chi connectivity index (χ2v) is 6.06. The van der Waals surface area contributed by atoms with E-state index in [1.807, 2.05) is 12.1 Å². The highest BCUT2D eigenvalue weighted by molar-refractivity contribution is 9.11. The molecule has 1 atom stereocenters. The molecule has 0 saturated heterocycles. The number of halogens is 1. The molecule has 0 fully saturated rings. The van der Waals surface area contributed by atoms with Gasteiger partial charge in [0.05, 0.1) is 22.6 Å². The van der Waals surface area contributed by atoms with Gasteiger partial charge in [-0.1, -0.05) is 0 Å². The van der Waals surface area contributed by atoms with Gasteiger partial charge in [0.2, 0.25) is 5.88 Å². The quantitative estimate of drug-likeness (QED) is 0.942. The average Bonchev–Trinajstić information content (AvgIpc) is 2.75. The van der Waals surface area contributed by atoms with E-state index in [1.54, 1.807) is 24.5 Å². The number of hydrogen-bond acceptors (Lipinski definition) is 5. The lowest BCUT2D eigenvalue weighted by atomic mass is 10.1. The normalized spacial score (nSPS) is 12.4. The van der Waals surface area contributed by atoms with Gasteiger partial charge in [0.25, 0.3) is 0 Å². The lowest BCUT2D eigenvalue weighted by Gasteiger charge is -2.09. The van der Waals surface area contributed by atoms with Crippen LogP contribution in [-0.2, 0) is 6.42 Å². The lowest BCUT2D eigenvalue weighted by molar-refractivity contribution is 0.390. The molecule has 2 aromatic rings. The van der Waals surface area contributed by atoms with Crippen molar-refractivity contribution in [3.63, 3.8) is 0 Å². The van der Waals surface area contributed by atoms with E-state index in [2.05, 4.69) is 32.2 Å². The Kier molecular flexibility index (Phi) is 4.09. The number of hydrogen-bond donors (Lipinski definition) is 1. The van der Waals surface area contributed by atoms with Gasteiger partial charge in [-0.15, -0.1) is 16.4 Å². The van der Waals surface area contributed by atoms with Crippen molar-refractivity contribution >= 4 is 27.3 Å². The van der Waals surface area contributed by atoms with E-state index >= 15 is 0 Å². The first-order valence-corrected chi connectivity index (χ1v) is 6.67. The van der Waals surface area contributed by atoms with Gasteiger partial charge in [-0.05, 0) is 34.1 Å². The molecule has 2 aromatic heterocycles. The second-order valence-electron chi connectivity index (χ2n) is 3.52. The van der Waals surface area contributed by atoms with Crippen molar-refractivity contribution in [2.75, 3.05) is 7.11 Å². The monoisotopic (exact) mass is 313 g/mol. The molecule has 0 aliphatic carbocycles. The standard InChI is InChI=1S/C11H12BrN3OS/c1-16-11-5-3-9(14-15-11)8(13)6-7-2-4-10(12)17-7/h2-5,8H,6,13H2,1H3. The fourth-order valence-corrected chi connectivity index (χ4v) is 2.96. The van der Waals surface area contributed by atoms with Crippen LogP contribution in [0.3, 0.4) is 0 Å². The van der Waals surface area contributed by atoms with Crippen molar-refractivity contribution in [1.29, 1.82) is 0 Å². The van der Waals surface area contributed by atoms with Gasteiger partial charge in [-0.25, -0.2) is 0 Å². The molecule has 2 rings (SSSR count). The van der Waals surface area contributed by atoms with Gasteiger partial charge in [0.1, 0.15) is 0 Å². The molecule has 0 amide bonds. The first-order valence-electron chi connectivity index (χ1n) is 5.06. The van der Waals surface area contributed by atoms with Gasteiger partial charge in [0, 0.05) is 17.4 Å². The van der Waals surface area contributed by atoms with E-state index in [1.165, 1.54) is 4.88 Å². The van der Waals surface area contributed by atoms with Crippen LogP contribution in [-0.4, -0.2) is 17.3 Å².